The first kappa shape index (κ1) is 18.1. The minimum atomic E-state index is -4.49. The van der Waals surface area contributed by atoms with Crippen LogP contribution in [0.5, 0.6) is 5.75 Å². The lowest BCUT2D eigenvalue weighted by Crippen LogP contribution is -2.13. The van der Waals surface area contributed by atoms with Crippen LogP contribution >= 0.6 is 11.6 Å². The van der Waals surface area contributed by atoms with Crippen LogP contribution in [0, 0.1) is 0 Å². The normalized spacial score (nSPS) is 11.2. The fourth-order valence-corrected chi connectivity index (χ4v) is 2.16. The molecular formula is C17H15ClF3NO2. The molecule has 0 aliphatic heterocycles. The topological polar surface area (TPSA) is 38.3 Å². The van der Waals surface area contributed by atoms with Crippen LogP contribution in [0.15, 0.2) is 42.5 Å². The molecule has 128 valence electrons. The molecule has 0 aliphatic rings. The molecule has 0 heterocycles. The molecule has 0 bridgehead atoms. The minimum Gasteiger partial charge on any atom is -0.494 e. The highest BCUT2D eigenvalue weighted by Crippen LogP contribution is 2.33. The molecular weight excluding hydrogens is 343 g/mol. The molecule has 2 aromatic carbocycles. The van der Waals surface area contributed by atoms with E-state index in [0.29, 0.717) is 17.9 Å². The summed E-state index contributed by atoms with van der Waals surface area (Å²) in [6.45, 7) is 2.49. The van der Waals surface area contributed by atoms with Crippen LogP contribution < -0.4 is 10.1 Å². The van der Waals surface area contributed by atoms with Crippen LogP contribution in [0.1, 0.15) is 29.3 Å². The Morgan fingerprint density at radius 1 is 1.21 bits per heavy atom. The molecule has 3 nitrogen and oxygen atoms in total. The predicted octanol–water partition coefficient (Wildman–Crippen LogP) is 5.40. The Balaban J connectivity index is 2.15. The van der Waals surface area contributed by atoms with E-state index in [4.69, 9.17) is 16.3 Å². The molecule has 1 amide bonds. The molecule has 2 aromatic rings. The van der Waals surface area contributed by atoms with Crippen molar-refractivity contribution in [1.29, 1.82) is 0 Å². The molecule has 24 heavy (non-hydrogen) atoms. The molecule has 1 N–H and O–H groups in total. The van der Waals surface area contributed by atoms with Gasteiger partial charge in [0, 0.05) is 5.56 Å². The molecule has 0 saturated carbocycles. The first-order valence-electron chi connectivity index (χ1n) is 7.22. The van der Waals surface area contributed by atoms with Gasteiger partial charge < -0.3 is 10.1 Å². The SMILES string of the molecule is CCCOc1cccc(C(=O)Nc2ccc(C(F)(F)F)cc2Cl)c1. The van der Waals surface area contributed by atoms with Gasteiger partial charge in [0.2, 0.25) is 0 Å². The van der Waals surface area contributed by atoms with Crippen molar-refractivity contribution in [3.8, 4) is 5.75 Å². The highest BCUT2D eigenvalue weighted by atomic mass is 35.5. The standard InChI is InChI=1S/C17H15ClF3NO2/c1-2-8-24-13-5-3-4-11(9-13)16(23)22-15-7-6-12(10-14(15)18)17(19,20)21/h3-7,9-10H,2,8H2,1H3,(H,22,23). The number of alkyl halides is 3. The van der Waals surface area contributed by atoms with Crippen molar-refractivity contribution >= 4 is 23.2 Å². The van der Waals surface area contributed by atoms with Crippen molar-refractivity contribution in [1.82, 2.24) is 0 Å². The van der Waals surface area contributed by atoms with Gasteiger partial charge in [-0.15, -0.1) is 0 Å². The Hall–Kier alpha value is -2.21. The van der Waals surface area contributed by atoms with Gasteiger partial charge in [0.05, 0.1) is 22.9 Å². The number of anilines is 1. The number of halogens is 4. The smallest absolute Gasteiger partial charge is 0.416 e. The summed E-state index contributed by atoms with van der Waals surface area (Å²) in [6, 6.07) is 9.28. The fourth-order valence-electron chi connectivity index (χ4n) is 1.93. The number of hydrogen-bond donors (Lipinski definition) is 1. The number of ether oxygens (including phenoxy) is 1. The average Bonchev–Trinajstić information content (AvgIpc) is 2.54. The van der Waals surface area contributed by atoms with Gasteiger partial charge >= 0.3 is 6.18 Å². The lowest BCUT2D eigenvalue weighted by Gasteiger charge is -2.11. The summed E-state index contributed by atoms with van der Waals surface area (Å²) < 4.78 is 43.3. The molecule has 0 aliphatic carbocycles. The number of benzene rings is 2. The Morgan fingerprint density at radius 2 is 1.96 bits per heavy atom. The van der Waals surface area contributed by atoms with E-state index >= 15 is 0 Å². The second-order valence-electron chi connectivity index (χ2n) is 5.02. The van der Waals surface area contributed by atoms with E-state index in [0.717, 1.165) is 24.6 Å². The largest absolute Gasteiger partial charge is 0.494 e. The van der Waals surface area contributed by atoms with E-state index < -0.39 is 17.6 Å². The van der Waals surface area contributed by atoms with E-state index in [1.165, 1.54) is 0 Å². The van der Waals surface area contributed by atoms with Crippen molar-refractivity contribution < 1.29 is 22.7 Å². The maximum atomic E-state index is 12.6. The van der Waals surface area contributed by atoms with Crippen LogP contribution in [0.3, 0.4) is 0 Å². The van der Waals surface area contributed by atoms with Crippen molar-refractivity contribution in [3.63, 3.8) is 0 Å². The molecule has 7 heteroatoms. The van der Waals surface area contributed by atoms with E-state index in [-0.39, 0.29) is 10.7 Å². The van der Waals surface area contributed by atoms with Gasteiger partial charge in [0.15, 0.2) is 0 Å². The summed E-state index contributed by atoms with van der Waals surface area (Å²) in [5.41, 5.74) is -0.449. The van der Waals surface area contributed by atoms with Crippen molar-refractivity contribution in [2.24, 2.45) is 0 Å². The first-order valence-corrected chi connectivity index (χ1v) is 7.60. The summed E-state index contributed by atoms with van der Waals surface area (Å²) >= 11 is 5.83. The van der Waals surface area contributed by atoms with Gasteiger partial charge in [-0.2, -0.15) is 13.2 Å². The molecule has 0 saturated heterocycles. The predicted molar refractivity (Wildman–Crippen MR) is 86.6 cm³/mol. The lowest BCUT2D eigenvalue weighted by atomic mass is 10.1. The second kappa shape index (κ2) is 7.57. The lowest BCUT2D eigenvalue weighted by molar-refractivity contribution is -0.137. The van der Waals surface area contributed by atoms with E-state index in [9.17, 15) is 18.0 Å². The number of rotatable bonds is 5. The molecule has 0 radical (unpaired) electrons. The zero-order chi connectivity index (χ0) is 17.7. The zero-order valence-corrected chi connectivity index (χ0v) is 13.5. The average molecular weight is 358 g/mol. The Kier molecular flexibility index (Phi) is 5.72. The van der Waals surface area contributed by atoms with Crippen molar-refractivity contribution in [2.75, 3.05) is 11.9 Å². The highest BCUT2D eigenvalue weighted by molar-refractivity contribution is 6.34. The summed E-state index contributed by atoms with van der Waals surface area (Å²) in [5, 5.41) is 2.31. The van der Waals surface area contributed by atoms with E-state index in [2.05, 4.69) is 5.32 Å². The summed E-state index contributed by atoms with van der Waals surface area (Å²) in [6.07, 6.45) is -3.66. The maximum Gasteiger partial charge on any atom is 0.416 e. The minimum absolute atomic E-state index is 0.106. The first-order chi connectivity index (χ1) is 11.3. The number of carbonyl (C=O) groups excluding carboxylic acids is 1. The van der Waals surface area contributed by atoms with E-state index in [1.54, 1.807) is 24.3 Å². The number of carbonyl (C=O) groups is 1. The third kappa shape index (κ3) is 4.64. The van der Waals surface area contributed by atoms with Gasteiger partial charge in [-0.3, -0.25) is 4.79 Å². The maximum absolute atomic E-state index is 12.6. The highest BCUT2D eigenvalue weighted by Gasteiger charge is 2.31. The Bertz CT molecular complexity index is 732. The summed E-state index contributed by atoms with van der Waals surface area (Å²) in [5.74, 6) is 0.0571. The number of nitrogens with one attached hydrogen (secondary N) is 1. The molecule has 0 aromatic heterocycles. The van der Waals surface area contributed by atoms with Gasteiger partial charge in [0.1, 0.15) is 5.75 Å². The number of hydrogen-bond acceptors (Lipinski definition) is 2. The van der Waals surface area contributed by atoms with E-state index in [1.807, 2.05) is 6.92 Å². The zero-order valence-electron chi connectivity index (χ0n) is 12.8. The van der Waals surface area contributed by atoms with Crippen LogP contribution in [-0.4, -0.2) is 12.5 Å². The van der Waals surface area contributed by atoms with Crippen LogP contribution in [0.4, 0.5) is 18.9 Å². The van der Waals surface area contributed by atoms with Crippen LogP contribution in [-0.2, 0) is 6.18 Å². The van der Waals surface area contributed by atoms with Gasteiger partial charge in [-0.05, 0) is 42.8 Å². The van der Waals surface area contributed by atoms with Crippen molar-refractivity contribution in [3.05, 3.63) is 58.6 Å². The fraction of sp³-hybridized carbons (Fsp3) is 0.235. The Labute approximate surface area is 142 Å². The second-order valence-corrected chi connectivity index (χ2v) is 5.43. The Morgan fingerprint density at radius 3 is 2.58 bits per heavy atom. The van der Waals surface area contributed by atoms with Gasteiger partial charge in [-0.1, -0.05) is 24.6 Å². The van der Waals surface area contributed by atoms with Crippen LogP contribution in [0.25, 0.3) is 0 Å². The quantitative estimate of drug-likeness (QED) is 0.778. The summed E-state index contributed by atoms with van der Waals surface area (Å²) in [4.78, 5) is 12.2. The third-order valence-corrected chi connectivity index (χ3v) is 3.43. The molecule has 0 fully saturated rings. The summed E-state index contributed by atoms with van der Waals surface area (Å²) in [7, 11) is 0. The van der Waals surface area contributed by atoms with Crippen molar-refractivity contribution in [2.45, 2.75) is 19.5 Å². The molecule has 0 unspecified atom stereocenters. The number of amides is 1. The molecule has 2 rings (SSSR count). The van der Waals surface area contributed by atoms with Gasteiger partial charge in [-0.25, -0.2) is 0 Å². The molecule has 0 atom stereocenters. The third-order valence-electron chi connectivity index (χ3n) is 3.11. The molecule has 0 spiro atoms. The van der Waals surface area contributed by atoms with Crippen LogP contribution in [0.2, 0.25) is 5.02 Å². The monoisotopic (exact) mass is 357 g/mol. The van der Waals surface area contributed by atoms with Gasteiger partial charge in [0.25, 0.3) is 5.91 Å².